The van der Waals surface area contributed by atoms with Crippen molar-refractivity contribution in [2.75, 3.05) is 0 Å². The summed E-state index contributed by atoms with van der Waals surface area (Å²) < 4.78 is 12.5. The van der Waals surface area contributed by atoms with E-state index in [-0.39, 0.29) is 40.7 Å². The molecular weight excluding hydrogens is 520 g/mol. The second-order valence-electron chi connectivity index (χ2n) is 10.0. The number of hydrogen-bond donors (Lipinski definition) is 8. The molecule has 2 aliphatic heterocycles. The van der Waals surface area contributed by atoms with Crippen LogP contribution in [0.1, 0.15) is 45.9 Å². The van der Waals surface area contributed by atoms with Crippen LogP contribution in [0.5, 0.6) is 46.0 Å². The van der Waals surface area contributed by atoms with E-state index < -0.39 is 36.1 Å². The molecule has 0 aliphatic carbocycles. The number of aliphatic hydroxyl groups excluding tert-OH is 2. The monoisotopic (exact) mass is 546 g/mol. The van der Waals surface area contributed by atoms with Crippen LogP contribution in [0.3, 0.4) is 0 Å². The Morgan fingerprint density at radius 1 is 0.600 bits per heavy atom. The molecule has 0 aromatic heterocycles. The Morgan fingerprint density at radius 3 is 1.88 bits per heavy atom. The molecule has 0 fully saturated rings. The quantitative estimate of drug-likeness (QED) is 0.177. The minimum Gasteiger partial charge on any atom is -0.508 e. The van der Waals surface area contributed by atoms with Crippen molar-refractivity contribution in [1.29, 1.82) is 0 Å². The number of benzene rings is 4. The van der Waals surface area contributed by atoms with Gasteiger partial charge in [0, 0.05) is 29.5 Å². The average molecular weight is 547 g/mol. The number of phenols is 6. The summed E-state index contributed by atoms with van der Waals surface area (Å²) in [6.07, 6.45) is -4.16. The fourth-order valence-electron chi connectivity index (χ4n) is 5.54. The highest BCUT2D eigenvalue weighted by molar-refractivity contribution is 5.61. The van der Waals surface area contributed by atoms with Gasteiger partial charge in [0.25, 0.3) is 0 Å². The second-order valence-corrected chi connectivity index (χ2v) is 10.0. The molecule has 6 rings (SSSR count). The van der Waals surface area contributed by atoms with Gasteiger partial charge in [-0.3, -0.25) is 0 Å². The van der Waals surface area contributed by atoms with Gasteiger partial charge in [-0.05, 0) is 53.1 Å². The Balaban J connectivity index is 1.52. The maximum Gasteiger partial charge on any atom is 0.157 e. The van der Waals surface area contributed by atoms with Crippen molar-refractivity contribution in [1.82, 2.24) is 0 Å². The first-order valence-electron chi connectivity index (χ1n) is 12.5. The molecule has 40 heavy (non-hydrogen) atoms. The van der Waals surface area contributed by atoms with Crippen molar-refractivity contribution < 1.29 is 50.3 Å². The lowest BCUT2D eigenvalue weighted by atomic mass is 9.77. The smallest absolute Gasteiger partial charge is 0.157 e. The molecule has 2 aliphatic rings. The largest absolute Gasteiger partial charge is 0.508 e. The van der Waals surface area contributed by atoms with Crippen molar-refractivity contribution in [2.45, 2.75) is 36.8 Å². The van der Waals surface area contributed by atoms with Crippen LogP contribution in [0.15, 0.2) is 66.7 Å². The molecule has 0 saturated heterocycles. The summed E-state index contributed by atoms with van der Waals surface area (Å²) in [7, 11) is 0. The van der Waals surface area contributed by atoms with E-state index >= 15 is 0 Å². The average Bonchev–Trinajstić information content (AvgIpc) is 2.92. The number of ether oxygens (including phenoxy) is 2. The van der Waals surface area contributed by atoms with Crippen molar-refractivity contribution >= 4 is 0 Å². The number of aromatic hydroxyl groups is 6. The summed E-state index contributed by atoms with van der Waals surface area (Å²) in [5, 5.41) is 83.1. The van der Waals surface area contributed by atoms with E-state index in [9.17, 15) is 40.9 Å². The molecule has 10 heteroatoms. The SMILES string of the molecule is Oc1ccc([C@H]2c3c(ccc4c3O[C@@H](c3ccc(O)c(O)c3)[C@@H](O)C4)O[C@H](c3ccc(O)c(O)c3)[C@H]2O)c(O)c1. The van der Waals surface area contributed by atoms with Gasteiger partial charge >= 0.3 is 0 Å². The zero-order valence-electron chi connectivity index (χ0n) is 20.8. The molecule has 0 spiro atoms. The molecule has 8 N–H and O–H groups in total. The summed E-state index contributed by atoms with van der Waals surface area (Å²) in [6.45, 7) is 0. The van der Waals surface area contributed by atoms with E-state index in [2.05, 4.69) is 0 Å². The van der Waals surface area contributed by atoms with Gasteiger partial charge in [-0.1, -0.05) is 24.3 Å². The highest BCUT2D eigenvalue weighted by Gasteiger charge is 2.45. The van der Waals surface area contributed by atoms with Crippen LogP contribution in [0.4, 0.5) is 0 Å². The van der Waals surface area contributed by atoms with E-state index in [1.54, 1.807) is 12.1 Å². The van der Waals surface area contributed by atoms with E-state index in [0.717, 1.165) is 6.07 Å². The fraction of sp³-hybridized carbons (Fsp3) is 0.200. The number of rotatable bonds is 3. The van der Waals surface area contributed by atoms with Crippen LogP contribution in [-0.2, 0) is 6.42 Å². The lowest BCUT2D eigenvalue weighted by Crippen LogP contribution is -2.37. The highest BCUT2D eigenvalue weighted by Crippen LogP contribution is 2.54. The predicted octanol–water partition coefficient (Wildman–Crippen LogP) is 3.58. The van der Waals surface area contributed by atoms with Crippen LogP contribution in [0.25, 0.3) is 0 Å². The molecule has 206 valence electrons. The van der Waals surface area contributed by atoms with Gasteiger partial charge in [0.15, 0.2) is 29.1 Å². The zero-order chi connectivity index (χ0) is 28.3. The van der Waals surface area contributed by atoms with Crippen molar-refractivity contribution in [3.05, 3.63) is 94.5 Å². The maximum atomic E-state index is 11.7. The minimum absolute atomic E-state index is 0.161. The Morgan fingerprint density at radius 2 is 1.25 bits per heavy atom. The van der Waals surface area contributed by atoms with Gasteiger partial charge < -0.3 is 50.3 Å². The summed E-state index contributed by atoms with van der Waals surface area (Å²) in [6, 6.07) is 15.6. The van der Waals surface area contributed by atoms with Gasteiger partial charge in [0.2, 0.25) is 0 Å². The van der Waals surface area contributed by atoms with Crippen molar-refractivity contribution in [3.63, 3.8) is 0 Å². The minimum atomic E-state index is -1.34. The van der Waals surface area contributed by atoms with Crippen molar-refractivity contribution in [2.24, 2.45) is 0 Å². The molecule has 0 unspecified atom stereocenters. The van der Waals surface area contributed by atoms with Gasteiger partial charge in [0.1, 0.15) is 35.2 Å². The summed E-state index contributed by atoms with van der Waals surface area (Å²) >= 11 is 0. The van der Waals surface area contributed by atoms with Gasteiger partial charge in [-0.25, -0.2) is 0 Å². The molecule has 5 atom stereocenters. The first-order chi connectivity index (χ1) is 19.1. The molecule has 0 saturated carbocycles. The second kappa shape index (κ2) is 9.44. The molecular formula is C30H26O10. The van der Waals surface area contributed by atoms with Gasteiger partial charge in [-0.15, -0.1) is 0 Å². The van der Waals surface area contributed by atoms with Gasteiger partial charge in [0.05, 0.1) is 6.10 Å². The number of aliphatic hydroxyl groups is 2. The standard InChI is InChI=1S/C30H26O10/c31-16-4-5-17(20(34)12-16)25-26-24(39-30(27(25)38)15-2-7-19(33)22(36)10-15)8-3-14-11-23(37)28(40-29(14)26)13-1-6-18(32)21(35)9-13/h1-10,12,23,25,27-28,30-38H,11H2/t23-,25-,27-,28-,30+/m0/s1. The summed E-state index contributed by atoms with van der Waals surface area (Å²) in [4.78, 5) is 0. The predicted molar refractivity (Wildman–Crippen MR) is 140 cm³/mol. The van der Waals surface area contributed by atoms with Gasteiger partial charge in [-0.2, -0.15) is 0 Å². The Kier molecular flexibility index (Phi) is 6.01. The first kappa shape index (κ1) is 25.5. The third kappa shape index (κ3) is 4.14. The zero-order valence-corrected chi connectivity index (χ0v) is 20.8. The Hall–Kier alpha value is -4.80. The van der Waals surface area contributed by atoms with Crippen LogP contribution < -0.4 is 9.47 Å². The van der Waals surface area contributed by atoms with Crippen LogP contribution in [0, 0.1) is 0 Å². The van der Waals surface area contributed by atoms with Crippen LogP contribution >= 0.6 is 0 Å². The van der Waals surface area contributed by atoms with E-state index in [0.29, 0.717) is 33.8 Å². The van der Waals surface area contributed by atoms with Crippen molar-refractivity contribution in [3.8, 4) is 46.0 Å². The topological polar surface area (TPSA) is 180 Å². The number of hydrogen-bond acceptors (Lipinski definition) is 10. The van der Waals surface area contributed by atoms with Crippen LogP contribution in [-0.4, -0.2) is 53.1 Å². The molecule has 4 aromatic carbocycles. The lowest BCUT2D eigenvalue weighted by molar-refractivity contribution is -0.00180. The maximum absolute atomic E-state index is 11.7. The molecule has 0 radical (unpaired) electrons. The first-order valence-corrected chi connectivity index (χ1v) is 12.5. The van der Waals surface area contributed by atoms with E-state index in [1.807, 2.05) is 0 Å². The summed E-state index contributed by atoms with van der Waals surface area (Å²) in [5.41, 5.74) is 2.05. The highest BCUT2D eigenvalue weighted by atomic mass is 16.5. The lowest BCUT2D eigenvalue weighted by Gasteiger charge is -2.41. The molecule has 4 aromatic rings. The normalized spacial score (nSPS) is 23.4. The fourth-order valence-corrected chi connectivity index (χ4v) is 5.54. The Labute approximate surface area is 227 Å². The Bertz CT molecular complexity index is 1620. The third-order valence-electron chi connectivity index (χ3n) is 7.48. The summed E-state index contributed by atoms with van der Waals surface area (Å²) in [5.74, 6) is -2.23. The number of phenolic OH excluding ortho intramolecular Hbond substituents is 6. The van der Waals surface area contributed by atoms with E-state index in [1.165, 1.54) is 48.5 Å². The molecule has 0 bridgehead atoms. The molecule has 0 amide bonds. The third-order valence-corrected chi connectivity index (χ3v) is 7.48. The molecule has 2 heterocycles. The number of fused-ring (bicyclic) bond motifs is 3. The van der Waals surface area contributed by atoms with E-state index in [4.69, 9.17) is 9.47 Å². The molecule has 10 nitrogen and oxygen atoms in total. The van der Waals surface area contributed by atoms with Crippen LogP contribution in [0.2, 0.25) is 0 Å².